The zero-order valence-corrected chi connectivity index (χ0v) is 16.3. The molecular formula is C22H26N2S. The Balaban J connectivity index is 2.67. The Morgan fingerprint density at radius 3 is 2.64 bits per heavy atom. The number of thiol groups is 1. The Morgan fingerprint density at radius 1 is 1.28 bits per heavy atom. The third-order valence-corrected chi connectivity index (χ3v) is 4.37. The number of aromatic nitrogens is 1. The first-order valence-electron chi connectivity index (χ1n) is 8.32. The summed E-state index contributed by atoms with van der Waals surface area (Å²) in [7, 11) is 2.06. The molecule has 0 atom stereocenters. The number of hydrogen-bond donors (Lipinski definition) is 2. The van der Waals surface area contributed by atoms with Crippen LogP contribution in [0.4, 0.5) is 5.69 Å². The number of nitrogens with one attached hydrogen (secondary N) is 1. The van der Waals surface area contributed by atoms with E-state index in [2.05, 4.69) is 86.4 Å². The van der Waals surface area contributed by atoms with Crippen LogP contribution in [0.15, 0.2) is 60.5 Å². The molecule has 0 unspecified atom stereocenters. The molecule has 0 aliphatic carbocycles. The molecule has 0 aliphatic rings. The lowest BCUT2D eigenvalue weighted by Gasteiger charge is -2.07. The van der Waals surface area contributed by atoms with Gasteiger partial charge in [0.05, 0.1) is 0 Å². The van der Waals surface area contributed by atoms with E-state index >= 15 is 0 Å². The molecule has 0 fully saturated rings. The van der Waals surface area contributed by atoms with Gasteiger partial charge >= 0.3 is 0 Å². The zero-order chi connectivity index (χ0) is 18.4. The molecule has 2 nitrogen and oxygen atoms in total. The van der Waals surface area contributed by atoms with Crippen LogP contribution >= 0.6 is 12.6 Å². The van der Waals surface area contributed by atoms with Crippen molar-refractivity contribution in [1.29, 1.82) is 0 Å². The van der Waals surface area contributed by atoms with Gasteiger partial charge in [-0.3, -0.25) is 0 Å². The maximum absolute atomic E-state index is 4.37. The number of anilines is 1. The summed E-state index contributed by atoms with van der Waals surface area (Å²) in [5, 5.41) is 7.61. The third kappa shape index (κ3) is 4.37. The van der Waals surface area contributed by atoms with Gasteiger partial charge in [0.25, 0.3) is 0 Å². The van der Waals surface area contributed by atoms with Crippen molar-refractivity contribution in [3.05, 3.63) is 82.4 Å². The molecule has 2 aromatic rings. The largest absolute Gasteiger partial charge is 0.359 e. The van der Waals surface area contributed by atoms with Gasteiger partial charge < -0.3 is 9.88 Å². The molecule has 0 aliphatic heterocycles. The van der Waals surface area contributed by atoms with Crippen LogP contribution in [0.2, 0.25) is 0 Å². The fraction of sp³-hybridized carbons (Fsp3) is 0.182. The smallest absolute Gasteiger partial charge is 0.0499 e. The average molecular weight is 351 g/mol. The van der Waals surface area contributed by atoms with Crippen LogP contribution in [0.25, 0.3) is 17.3 Å². The molecular weight excluding hydrogens is 324 g/mol. The second kappa shape index (κ2) is 8.63. The molecule has 1 aromatic carbocycles. The Kier molecular flexibility index (Phi) is 6.54. The number of allylic oxidation sites excluding steroid dienone is 4. The lowest BCUT2D eigenvalue weighted by Crippen LogP contribution is -2.30. The lowest BCUT2D eigenvalue weighted by molar-refractivity contribution is 0.873. The summed E-state index contributed by atoms with van der Waals surface area (Å²) >= 11 is 4.37. The highest BCUT2D eigenvalue weighted by atomic mass is 32.1. The Morgan fingerprint density at radius 2 is 2.04 bits per heavy atom. The molecule has 2 rings (SSSR count). The van der Waals surface area contributed by atoms with Gasteiger partial charge in [0.1, 0.15) is 0 Å². The van der Waals surface area contributed by atoms with Crippen LogP contribution < -0.4 is 15.9 Å². The van der Waals surface area contributed by atoms with Gasteiger partial charge in [-0.05, 0) is 56.0 Å². The van der Waals surface area contributed by atoms with E-state index in [-0.39, 0.29) is 0 Å². The summed E-state index contributed by atoms with van der Waals surface area (Å²) in [6.45, 7) is 10.1. The molecule has 1 heterocycles. The standard InChI is InChI=1S/C22H26N2S/c1-6-9-18(15-25)22-14-20(21(10-7-2)24(22)5)17(4)23-19-12-8-11-16(3)13-19/h6-15,23,25H,2H2,1,3-5H3/b9-6-,18-15+,20-17+,21-10+. The highest BCUT2D eigenvalue weighted by Gasteiger charge is 2.07. The van der Waals surface area contributed by atoms with Crippen LogP contribution in [0.5, 0.6) is 0 Å². The van der Waals surface area contributed by atoms with E-state index in [4.69, 9.17) is 0 Å². The summed E-state index contributed by atoms with van der Waals surface area (Å²) in [6, 6.07) is 10.6. The van der Waals surface area contributed by atoms with Gasteiger partial charge in [0.2, 0.25) is 0 Å². The van der Waals surface area contributed by atoms with Crippen LogP contribution in [0.3, 0.4) is 0 Å². The van der Waals surface area contributed by atoms with E-state index in [9.17, 15) is 0 Å². The van der Waals surface area contributed by atoms with Crippen LogP contribution in [0.1, 0.15) is 25.1 Å². The molecule has 0 amide bonds. The second-order valence-electron chi connectivity index (χ2n) is 5.99. The van der Waals surface area contributed by atoms with Gasteiger partial charge in [0.15, 0.2) is 0 Å². The molecule has 0 saturated carbocycles. The second-order valence-corrected chi connectivity index (χ2v) is 6.25. The number of benzene rings is 1. The molecule has 0 bridgehead atoms. The quantitative estimate of drug-likeness (QED) is 0.604. The van der Waals surface area contributed by atoms with Crippen molar-refractivity contribution in [2.45, 2.75) is 20.8 Å². The minimum atomic E-state index is 1.07. The van der Waals surface area contributed by atoms with Crippen molar-refractivity contribution < 1.29 is 0 Å². The van der Waals surface area contributed by atoms with Gasteiger partial charge in [0, 0.05) is 40.3 Å². The molecule has 25 heavy (non-hydrogen) atoms. The Labute approximate surface area is 156 Å². The van der Waals surface area contributed by atoms with Crippen molar-refractivity contribution in [1.82, 2.24) is 4.57 Å². The highest BCUT2D eigenvalue weighted by molar-refractivity contribution is 7.83. The fourth-order valence-corrected chi connectivity index (χ4v) is 3.11. The highest BCUT2D eigenvalue weighted by Crippen LogP contribution is 2.15. The van der Waals surface area contributed by atoms with Gasteiger partial charge in [-0.25, -0.2) is 0 Å². The topological polar surface area (TPSA) is 17.0 Å². The molecule has 0 radical (unpaired) electrons. The number of nitrogens with zero attached hydrogens (tertiary/aromatic N) is 1. The molecule has 1 N–H and O–H groups in total. The van der Waals surface area contributed by atoms with Crippen molar-refractivity contribution >= 4 is 35.7 Å². The predicted molar refractivity (Wildman–Crippen MR) is 115 cm³/mol. The summed E-state index contributed by atoms with van der Waals surface area (Å²) in [5.41, 5.74) is 5.60. The van der Waals surface area contributed by atoms with Crippen molar-refractivity contribution in [3.8, 4) is 0 Å². The lowest BCUT2D eigenvalue weighted by atomic mass is 10.2. The van der Waals surface area contributed by atoms with Crippen LogP contribution in [0, 0.1) is 6.92 Å². The summed E-state index contributed by atoms with van der Waals surface area (Å²) in [4.78, 5) is 0. The number of aryl methyl sites for hydroxylation is 1. The first-order chi connectivity index (χ1) is 12.0. The summed E-state index contributed by atoms with van der Waals surface area (Å²) < 4.78 is 2.17. The monoisotopic (exact) mass is 350 g/mol. The van der Waals surface area contributed by atoms with Crippen LogP contribution in [-0.4, -0.2) is 4.57 Å². The van der Waals surface area contributed by atoms with Gasteiger partial charge in [-0.2, -0.15) is 12.6 Å². The van der Waals surface area contributed by atoms with E-state index < -0.39 is 0 Å². The summed E-state index contributed by atoms with van der Waals surface area (Å²) in [5.74, 6) is 0. The number of hydrogen-bond acceptors (Lipinski definition) is 2. The van der Waals surface area contributed by atoms with Crippen LogP contribution in [-0.2, 0) is 7.05 Å². The maximum Gasteiger partial charge on any atom is 0.0499 e. The third-order valence-electron chi connectivity index (χ3n) is 4.09. The first kappa shape index (κ1) is 18.9. The Hall–Kier alpha value is -2.39. The van der Waals surface area contributed by atoms with Gasteiger partial charge in [-0.1, -0.05) is 36.9 Å². The van der Waals surface area contributed by atoms with E-state index in [0.29, 0.717) is 0 Å². The van der Waals surface area contributed by atoms with E-state index in [1.807, 2.05) is 30.6 Å². The molecule has 0 saturated heterocycles. The van der Waals surface area contributed by atoms with E-state index in [1.165, 1.54) is 5.56 Å². The zero-order valence-electron chi connectivity index (χ0n) is 15.4. The summed E-state index contributed by atoms with van der Waals surface area (Å²) in [6.07, 6.45) is 7.94. The average Bonchev–Trinajstić information content (AvgIpc) is 2.90. The molecule has 0 spiro atoms. The van der Waals surface area contributed by atoms with Crippen molar-refractivity contribution in [2.24, 2.45) is 7.05 Å². The fourth-order valence-electron chi connectivity index (χ4n) is 2.89. The minimum absolute atomic E-state index is 1.07. The van der Waals surface area contributed by atoms with Crippen molar-refractivity contribution in [2.75, 3.05) is 5.32 Å². The minimum Gasteiger partial charge on any atom is -0.359 e. The maximum atomic E-state index is 4.37. The van der Waals surface area contributed by atoms with Gasteiger partial charge in [-0.15, -0.1) is 0 Å². The van der Waals surface area contributed by atoms with E-state index in [1.54, 1.807) is 0 Å². The van der Waals surface area contributed by atoms with E-state index in [0.717, 1.165) is 33.2 Å². The predicted octanol–water partition coefficient (Wildman–Crippen LogP) is 4.39. The van der Waals surface area contributed by atoms with Crippen molar-refractivity contribution in [3.63, 3.8) is 0 Å². The first-order valence-corrected chi connectivity index (χ1v) is 8.84. The number of rotatable bonds is 5. The normalized spacial score (nSPS) is 14.1. The molecule has 3 heteroatoms. The Bertz CT molecular complexity index is 943. The SMILES string of the molecule is C=C/C=c1\c(=C(/C)Nc2cccc(C)c2)cc(C(/C=C\C)=C/S)n1C. The molecule has 130 valence electrons. The molecule has 1 aromatic heterocycles.